The van der Waals surface area contributed by atoms with E-state index in [1.807, 2.05) is 0 Å². The van der Waals surface area contributed by atoms with Gasteiger partial charge in [0.15, 0.2) is 0 Å². The standard InChI is InChI=1S/C8H7F.C4H6O2/c1-2-7-5-3-4-6-8(7)9;1-3-4(5)6-2/h2-6H,1H2;3H,1H2,2H3. The summed E-state index contributed by atoms with van der Waals surface area (Å²) in [7, 11) is 1.31. The molecular weight excluding hydrogens is 195 g/mol. The Bertz CT molecular complexity index is 345. The molecule has 0 saturated heterocycles. The van der Waals surface area contributed by atoms with Crippen molar-refractivity contribution in [2.75, 3.05) is 7.11 Å². The van der Waals surface area contributed by atoms with E-state index in [1.54, 1.807) is 18.2 Å². The summed E-state index contributed by atoms with van der Waals surface area (Å²) in [6.07, 6.45) is 2.61. The fraction of sp³-hybridized carbons (Fsp3) is 0.0833. The molecule has 0 heterocycles. The van der Waals surface area contributed by atoms with Crippen molar-refractivity contribution in [3.63, 3.8) is 0 Å². The average molecular weight is 208 g/mol. The van der Waals surface area contributed by atoms with Crippen LogP contribution in [-0.2, 0) is 9.53 Å². The molecule has 0 atom stereocenters. The van der Waals surface area contributed by atoms with E-state index in [4.69, 9.17) is 0 Å². The average Bonchev–Trinajstić information content (AvgIpc) is 2.29. The Kier molecular flexibility index (Phi) is 6.55. The molecule has 0 N–H and O–H groups in total. The Morgan fingerprint density at radius 3 is 2.27 bits per heavy atom. The SMILES string of the molecule is C=CC(=O)OC.C=Cc1ccccc1F. The van der Waals surface area contributed by atoms with Gasteiger partial charge in [-0.05, 0) is 6.07 Å². The summed E-state index contributed by atoms with van der Waals surface area (Å²) in [6, 6.07) is 6.53. The van der Waals surface area contributed by atoms with Crippen LogP contribution >= 0.6 is 0 Å². The minimum atomic E-state index is -0.394. The molecular formula is C12H13FO2. The maximum atomic E-state index is 12.5. The highest BCUT2D eigenvalue weighted by Gasteiger charge is 1.91. The van der Waals surface area contributed by atoms with Crippen molar-refractivity contribution in [2.24, 2.45) is 0 Å². The molecule has 15 heavy (non-hydrogen) atoms. The third kappa shape index (κ3) is 5.41. The van der Waals surface area contributed by atoms with Crippen LogP contribution in [0.25, 0.3) is 6.08 Å². The first-order valence-electron chi connectivity index (χ1n) is 4.23. The molecule has 0 fully saturated rings. The second kappa shape index (κ2) is 7.50. The molecule has 2 nitrogen and oxygen atoms in total. The largest absolute Gasteiger partial charge is 0.466 e. The number of carbonyl (C=O) groups excluding carboxylic acids is 1. The summed E-state index contributed by atoms with van der Waals surface area (Å²) in [6.45, 7) is 6.61. The minimum absolute atomic E-state index is 0.215. The van der Waals surface area contributed by atoms with Crippen molar-refractivity contribution >= 4 is 12.0 Å². The molecule has 80 valence electrons. The number of halogens is 1. The Morgan fingerprint density at radius 1 is 1.40 bits per heavy atom. The van der Waals surface area contributed by atoms with Crippen LogP contribution in [-0.4, -0.2) is 13.1 Å². The predicted molar refractivity (Wildman–Crippen MR) is 58.7 cm³/mol. The van der Waals surface area contributed by atoms with E-state index >= 15 is 0 Å². The van der Waals surface area contributed by atoms with Gasteiger partial charge < -0.3 is 4.74 Å². The van der Waals surface area contributed by atoms with Crippen molar-refractivity contribution in [3.05, 3.63) is 54.9 Å². The van der Waals surface area contributed by atoms with Crippen LogP contribution in [0.4, 0.5) is 4.39 Å². The van der Waals surface area contributed by atoms with E-state index in [2.05, 4.69) is 17.9 Å². The van der Waals surface area contributed by atoms with E-state index in [9.17, 15) is 9.18 Å². The van der Waals surface area contributed by atoms with Gasteiger partial charge in [-0.1, -0.05) is 37.4 Å². The van der Waals surface area contributed by atoms with Crippen LogP contribution in [0.3, 0.4) is 0 Å². The topological polar surface area (TPSA) is 26.3 Å². The Hall–Kier alpha value is -1.90. The van der Waals surface area contributed by atoms with Gasteiger partial charge in [0.1, 0.15) is 5.82 Å². The molecule has 0 aliphatic rings. The van der Waals surface area contributed by atoms with Gasteiger partial charge in [-0.2, -0.15) is 0 Å². The highest BCUT2D eigenvalue weighted by molar-refractivity contribution is 5.80. The quantitative estimate of drug-likeness (QED) is 0.551. The second-order valence-corrected chi connectivity index (χ2v) is 2.45. The maximum Gasteiger partial charge on any atom is 0.329 e. The van der Waals surface area contributed by atoms with Crippen LogP contribution in [0.1, 0.15) is 5.56 Å². The molecule has 1 aromatic rings. The van der Waals surface area contributed by atoms with Crippen LogP contribution in [0.2, 0.25) is 0 Å². The molecule has 0 amide bonds. The number of rotatable bonds is 2. The lowest BCUT2D eigenvalue weighted by molar-refractivity contribution is -0.134. The molecule has 1 aromatic carbocycles. The number of benzene rings is 1. The molecule has 1 rings (SSSR count). The van der Waals surface area contributed by atoms with Crippen LogP contribution in [0.15, 0.2) is 43.5 Å². The van der Waals surface area contributed by atoms with Gasteiger partial charge in [0, 0.05) is 11.6 Å². The van der Waals surface area contributed by atoms with E-state index in [0.717, 1.165) is 6.08 Å². The zero-order valence-electron chi connectivity index (χ0n) is 8.57. The molecule has 0 aliphatic heterocycles. The number of ether oxygens (including phenoxy) is 1. The Labute approximate surface area is 88.7 Å². The predicted octanol–water partition coefficient (Wildman–Crippen LogP) is 2.81. The molecule has 3 heteroatoms. The lowest BCUT2D eigenvalue weighted by Crippen LogP contribution is -1.91. The zero-order valence-corrected chi connectivity index (χ0v) is 8.57. The van der Waals surface area contributed by atoms with Gasteiger partial charge in [0.05, 0.1) is 7.11 Å². The summed E-state index contributed by atoms with van der Waals surface area (Å²) < 4.78 is 16.7. The van der Waals surface area contributed by atoms with Gasteiger partial charge in [-0.3, -0.25) is 0 Å². The maximum absolute atomic E-state index is 12.5. The third-order valence-corrected chi connectivity index (χ3v) is 1.49. The first kappa shape index (κ1) is 13.1. The molecule has 0 aromatic heterocycles. The smallest absolute Gasteiger partial charge is 0.329 e. The van der Waals surface area contributed by atoms with Crippen LogP contribution < -0.4 is 0 Å². The van der Waals surface area contributed by atoms with Crippen molar-refractivity contribution in [1.29, 1.82) is 0 Å². The van der Waals surface area contributed by atoms with Crippen LogP contribution in [0.5, 0.6) is 0 Å². The van der Waals surface area contributed by atoms with E-state index in [0.29, 0.717) is 5.56 Å². The van der Waals surface area contributed by atoms with Gasteiger partial charge in [-0.25, -0.2) is 9.18 Å². The lowest BCUT2D eigenvalue weighted by Gasteiger charge is -1.91. The number of carbonyl (C=O) groups is 1. The van der Waals surface area contributed by atoms with E-state index in [-0.39, 0.29) is 5.82 Å². The fourth-order valence-electron chi connectivity index (χ4n) is 0.724. The highest BCUT2D eigenvalue weighted by atomic mass is 19.1. The number of esters is 1. The molecule has 0 unspecified atom stereocenters. The molecule has 0 saturated carbocycles. The van der Waals surface area contributed by atoms with E-state index < -0.39 is 5.97 Å². The number of hydrogen-bond acceptors (Lipinski definition) is 2. The first-order chi connectivity index (χ1) is 7.15. The first-order valence-corrected chi connectivity index (χ1v) is 4.23. The molecule has 0 radical (unpaired) electrons. The van der Waals surface area contributed by atoms with Crippen molar-refractivity contribution in [1.82, 2.24) is 0 Å². The Morgan fingerprint density at radius 2 is 2.00 bits per heavy atom. The van der Waals surface area contributed by atoms with Gasteiger partial charge >= 0.3 is 5.97 Å². The third-order valence-electron chi connectivity index (χ3n) is 1.49. The number of hydrogen-bond donors (Lipinski definition) is 0. The monoisotopic (exact) mass is 208 g/mol. The van der Waals surface area contributed by atoms with Crippen LogP contribution in [0, 0.1) is 5.82 Å². The van der Waals surface area contributed by atoms with Gasteiger partial charge in [-0.15, -0.1) is 0 Å². The highest BCUT2D eigenvalue weighted by Crippen LogP contribution is 2.05. The number of methoxy groups -OCH3 is 1. The second-order valence-electron chi connectivity index (χ2n) is 2.45. The summed E-state index contributed by atoms with van der Waals surface area (Å²) in [5, 5.41) is 0. The van der Waals surface area contributed by atoms with Crippen molar-refractivity contribution in [3.8, 4) is 0 Å². The van der Waals surface area contributed by atoms with Gasteiger partial charge in [0.25, 0.3) is 0 Å². The molecule has 0 aliphatic carbocycles. The lowest BCUT2D eigenvalue weighted by atomic mass is 10.2. The molecule has 0 bridgehead atoms. The fourth-order valence-corrected chi connectivity index (χ4v) is 0.724. The summed E-state index contributed by atoms with van der Waals surface area (Å²) in [5.74, 6) is -0.609. The van der Waals surface area contributed by atoms with Crippen molar-refractivity contribution in [2.45, 2.75) is 0 Å². The summed E-state index contributed by atoms with van der Waals surface area (Å²) in [4.78, 5) is 9.84. The minimum Gasteiger partial charge on any atom is -0.466 e. The van der Waals surface area contributed by atoms with E-state index in [1.165, 1.54) is 19.3 Å². The normalized spacial score (nSPS) is 8.13. The Balaban J connectivity index is 0.000000288. The summed E-state index contributed by atoms with van der Waals surface area (Å²) in [5.41, 5.74) is 0.553. The summed E-state index contributed by atoms with van der Waals surface area (Å²) >= 11 is 0. The van der Waals surface area contributed by atoms with Crippen molar-refractivity contribution < 1.29 is 13.9 Å². The van der Waals surface area contributed by atoms with Gasteiger partial charge in [0.2, 0.25) is 0 Å². The zero-order chi connectivity index (χ0) is 11.7. The molecule has 0 spiro atoms.